The van der Waals surface area contributed by atoms with Crippen LogP contribution in [0, 0.1) is 0 Å². The molecule has 0 unspecified atom stereocenters. The molecule has 1 aliphatic carbocycles. The second kappa shape index (κ2) is 8.07. The van der Waals surface area contributed by atoms with E-state index in [1.165, 1.54) is 6.08 Å². The van der Waals surface area contributed by atoms with Crippen LogP contribution in [-0.4, -0.2) is 26.6 Å². The molecule has 3 rings (SSSR count). The molecule has 26 heavy (non-hydrogen) atoms. The largest absolute Gasteiger partial charge is 0.322 e. The summed E-state index contributed by atoms with van der Waals surface area (Å²) in [5, 5.41) is 2.81. The van der Waals surface area contributed by atoms with Gasteiger partial charge in [-0.05, 0) is 61.1 Å². The van der Waals surface area contributed by atoms with Crippen molar-refractivity contribution in [2.45, 2.75) is 28.7 Å². The molecule has 1 aliphatic rings. The molecule has 0 bridgehead atoms. The lowest BCUT2D eigenvalue weighted by molar-refractivity contribution is -0.111. The third kappa shape index (κ3) is 5.20. The Kier molecular flexibility index (Phi) is 5.80. The first-order valence-corrected chi connectivity index (χ1v) is 10.9. The summed E-state index contributed by atoms with van der Waals surface area (Å²) >= 11 is 1.61. The number of hydrogen-bond donors (Lipinski definition) is 2. The van der Waals surface area contributed by atoms with Gasteiger partial charge in [0.15, 0.2) is 0 Å². The SMILES string of the molecule is CSc1cccc(NC(=O)/C=C/c2ccc(S(=O)(=O)NC3CC3)cc2)c1. The maximum atomic E-state index is 12.1. The first-order valence-electron chi connectivity index (χ1n) is 8.22. The molecule has 2 N–H and O–H groups in total. The van der Waals surface area contributed by atoms with Crippen LogP contribution in [0.5, 0.6) is 0 Å². The Labute approximate surface area is 157 Å². The Balaban J connectivity index is 1.61. The highest BCUT2D eigenvalue weighted by Crippen LogP contribution is 2.22. The molecular formula is C19H20N2O3S2. The minimum Gasteiger partial charge on any atom is -0.322 e. The number of thioether (sulfide) groups is 1. The number of amides is 1. The average molecular weight is 389 g/mol. The van der Waals surface area contributed by atoms with Crippen molar-refractivity contribution in [1.82, 2.24) is 4.72 Å². The molecule has 2 aromatic carbocycles. The van der Waals surface area contributed by atoms with E-state index in [1.54, 1.807) is 42.1 Å². The first-order chi connectivity index (χ1) is 12.5. The predicted molar refractivity (Wildman–Crippen MR) is 106 cm³/mol. The van der Waals surface area contributed by atoms with E-state index >= 15 is 0 Å². The Morgan fingerprint density at radius 2 is 1.88 bits per heavy atom. The Morgan fingerprint density at radius 3 is 2.54 bits per heavy atom. The van der Waals surface area contributed by atoms with Crippen LogP contribution in [0.4, 0.5) is 5.69 Å². The number of carbonyl (C=O) groups excluding carboxylic acids is 1. The molecule has 1 fully saturated rings. The van der Waals surface area contributed by atoms with Crippen LogP contribution < -0.4 is 10.0 Å². The summed E-state index contributed by atoms with van der Waals surface area (Å²) in [7, 11) is -3.45. The van der Waals surface area contributed by atoms with Gasteiger partial charge >= 0.3 is 0 Å². The number of carbonyl (C=O) groups is 1. The van der Waals surface area contributed by atoms with Gasteiger partial charge in [-0.15, -0.1) is 11.8 Å². The van der Waals surface area contributed by atoms with E-state index in [0.717, 1.165) is 29.0 Å². The molecule has 7 heteroatoms. The highest BCUT2D eigenvalue weighted by molar-refractivity contribution is 7.98. The van der Waals surface area contributed by atoms with E-state index in [9.17, 15) is 13.2 Å². The predicted octanol–water partition coefficient (Wildman–Crippen LogP) is 3.50. The highest BCUT2D eigenvalue weighted by atomic mass is 32.2. The lowest BCUT2D eigenvalue weighted by Crippen LogP contribution is -2.25. The average Bonchev–Trinajstić information content (AvgIpc) is 3.44. The van der Waals surface area contributed by atoms with Crippen molar-refractivity contribution < 1.29 is 13.2 Å². The zero-order chi connectivity index (χ0) is 18.6. The summed E-state index contributed by atoms with van der Waals surface area (Å²) in [6, 6.07) is 14.1. The smallest absolute Gasteiger partial charge is 0.248 e. The van der Waals surface area contributed by atoms with Gasteiger partial charge in [-0.3, -0.25) is 4.79 Å². The quantitative estimate of drug-likeness (QED) is 0.562. The van der Waals surface area contributed by atoms with Gasteiger partial charge in [0.1, 0.15) is 0 Å². The van der Waals surface area contributed by atoms with Gasteiger partial charge in [0.25, 0.3) is 0 Å². The first kappa shape index (κ1) is 18.7. The molecule has 0 radical (unpaired) electrons. The van der Waals surface area contributed by atoms with Gasteiger partial charge in [0.05, 0.1) is 4.90 Å². The van der Waals surface area contributed by atoms with Crippen LogP contribution in [0.15, 0.2) is 64.4 Å². The number of benzene rings is 2. The zero-order valence-electron chi connectivity index (χ0n) is 14.3. The molecule has 0 saturated heterocycles. The fraction of sp³-hybridized carbons (Fsp3) is 0.211. The van der Waals surface area contributed by atoms with E-state index in [1.807, 2.05) is 30.5 Å². The van der Waals surface area contributed by atoms with E-state index in [2.05, 4.69) is 10.0 Å². The normalized spacial score (nSPS) is 14.5. The molecular weight excluding hydrogens is 368 g/mol. The van der Waals surface area contributed by atoms with E-state index < -0.39 is 10.0 Å². The van der Waals surface area contributed by atoms with E-state index in [0.29, 0.717) is 0 Å². The van der Waals surface area contributed by atoms with Crippen LogP contribution in [0.2, 0.25) is 0 Å². The third-order valence-electron chi connectivity index (χ3n) is 3.85. The van der Waals surface area contributed by atoms with Gasteiger partial charge in [0, 0.05) is 22.7 Å². The third-order valence-corrected chi connectivity index (χ3v) is 6.12. The highest BCUT2D eigenvalue weighted by Gasteiger charge is 2.27. The number of rotatable bonds is 7. The van der Waals surface area contributed by atoms with Gasteiger partial charge < -0.3 is 5.32 Å². The number of nitrogens with one attached hydrogen (secondary N) is 2. The maximum absolute atomic E-state index is 12.1. The molecule has 1 amide bonds. The standard InChI is InChI=1S/C19H20N2O3S2/c1-25-17-4-2-3-16(13-17)20-19(22)12-7-14-5-10-18(11-6-14)26(23,24)21-15-8-9-15/h2-7,10-13,15,21H,8-9H2,1H3,(H,20,22)/b12-7+. The number of hydrogen-bond acceptors (Lipinski definition) is 4. The topological polar surface area (TPSA) is 75.3 Å². The molecule has 5 nitrogen and oxygen atoms in total. The molecule has 1 saturated carbocycles. The minimum atomic E-state index is -3.45. The summed E-state index contributed by atoms with van der Waals surface area (Å²) in [6.45, 7) is 0. The Hall–Kier alpha value is -2.09. The Bertz CT molecular complexity index is 918. The van der Waals surface area contributed by atoms with Crippen molar-refractivity contribution in [2.24, 2.45) is 0 Å². The summed E-state index contributed by atoms with van der Waals surface area (Å²) < 4.78 is 26.9. The fourth-order valence-corrected chi connectivity index (χ4v) is 4.07. The van der Waals surface area contributed by atoms with Crippen molar-refractivity contribution in [1.29, 1.82) is 0 Å². The maximum Gasteiger partial charge on any atom is 0.248 e. The van der Waals surface area contributed by atoms with Crippen molar-refractivity contribution in [3.63, 3.8) is 0 Å². The van der Waals surface area contributed by atoms with Crippen LogP contribution in [-0.2, 0) is 14.8 Å². The molecule has 0 aromatic heterocycles. The van der Waals surface area contributed by atoms with Crippen molar-refractivity contribution in [2.75, 3.05) is 11.6 Å². The number of sulfonamides is 1. The number of anilines is 1. The second-order valence-corrected chi connectivity index (χ2v) is 8.61. The lowest BCUT2D eigenvalue weighted by Gasteiger charge is -2.05. The van der Waals surface area contributed by atoms with Gasteiger partial charge in [-0.25, -0.2) is 13.1 Å². The van der Waals surface area contributed by atoms with Gasteiger partial charge in [0.2, 0.25) is 15.9 Å². The fourth-order valence-electron chi connectivity index (χ4n) is 2.30. The molecule has 0 spiro atoms. The van der Waals surface area contributed by atoms with Gasteiger partial charge in [-0.2, -0.15) is 0 Å². The second-order valence-electron chi connectivity index (χ2n) is 6.02. The molecule has 2 aromatic rings. The van der Waals surface area contributed by atoms with Crippen molar-refractivity contribution in [3.05, 3.63) is 60.2 Å². The minimum absolute atomic E-state index is 0.0767. The van der Waals surface area contributed by atoms with Crippen LogP contribution in [0.3, 0.4) is 0 Å². The van der Waals surface area contributed by atoms with Gasteiger partial charge in [-0.1, -0.05) is 18.2 Å². The monoisotopic (exact) mass is 388 g/mol. The lowest BCUT2D eigenvalue weighted by atomic mass is 10.2. The van der Waals surface area contributed by atoms with E-state index in [4.69, 9.17) is 0 Å². The van der Waals surface area contributed by atoms with Crippen LogP contribution >= 0.6 is 11.8 Å². The summed E-state index contributed by atoms with van der Waals surface area (Å²) in [5.74, 6) is -0.240. The molecule has 0 atom stereocenters. The summed E-state index contributed by atoms with van der Waals surface area (Å²) in [5.41, 5.74) is 1.49. The van der Waals surface area contributed by atoms with Crippen LogP contribution in [0.1, 0.15) is 18.4 Å². The summed E-state index contributed by atoms with van der Waals surface area (Å²) in [4.78, 5) is 13.3. The van der Waals surface area contributed by atoms with E-state index in [-0.39, 0.29) is 16.8 Å². The van der Waals surface area contributed by atoms with Crippen molar-refractivity contribution >= 4 is 39.5 Å². The zero-order valence-corrected chi connectivity index (χ0v) is 15.9. The summed E-state index contributed by atoms with van der Waals surface area (Å²) in [6.07, 6.45) is 6.85. The van der Waals surface area contributed by atoms with Crippen LogP contribution in [0.25, 0.3) is 6.08 Å². The molecule has 0 aliphatic heterocycles. The van der Waals surface area contributed by atoms with Crippen molar-refractivity contribution in [3.8, 4) is 0 Å². The molecule has 0 heterocycles. The Morgan fingerprint density at radius 1 is 1.15 bits per heavy atom. The molecule has 136 valence electrons.